The quantitative estimate of drug-likeness (QED) is 0.769. The predicted molar refractivity (Wildman–Crippen MR) is 80.7 cm³/mol. The van der Waals surface area contributed by atoms with Crippen LogP contribution in [0, 0.1) is 6.92 Å². The standard InChI is InChI=1S/C17H13NO4/c1-10-2-7-13(15(19)8-10)14-9-16(22-18-14)11-3-5-12(6-4-11)17(20)21/h2-9,19H,1H3,(H,20,21). The van der Waals surface area contributed by atoms with Crippen LogP contribution in [0.4, 0.5) is 0 Å². The highest BCUT2D eigenvalue weighted by Gasteiger charge is 2.12. The summed E-state index contributed by atoms with van der Waals surface area (Å²) in [5, 5.41) is 22.8. The van der Waals surface area contributed by atoms with E-state index in [1.54, 1.807) is 30.3 Å². The Labute approximate surface area is 126 Å². The first-order chi connectivity index (χ1) is 10.5. The van der Waals surface area contributed by atoms with Crippen LogP contribution < -0.4 is 0 Å². The molecule has 0 saturated carbocycles. The van der Waals surface area contributed by atoms with Crippen molar-refractivity contribution < 1.29 is 19.5 Å². The van der Waals surface area contributed by atoms with Gasteiger partial charge in [-0.05, 0) is 36.8 Å². The number of aromatic carboxylic acids is 1. The molecular formula is C17H13NO4. The Balaban J connectivity index is 1.95. The molecule has 0 amide bonds. The fourth-order valence-corrected chi connectivity index (χ4v) is 2.17. The molecule has 5 nitrogen and oxygen atoms in total. The lowest BCUT2D eigenvalue weighted by atomic mass is 10.1. The van der Waals surface area contributed by atoms with E-state index in [1.165, 1.54) is 12.1 Å². The molecule has 2 N–H and O–H groups in total. The van der Waals surface area contributed by atoms with E-state index in [9.17, 15) is 9.90 Å². The molecule has 0 radical (unpaired) electrons. The van der Waals surface area contributed by atoms with Crippen molar-refractivity contribution in [1.29, 1.82) is 0 Å². The summed E-state index contributed by atoms with van der Waals surface area (Å²) in [7, 11) is 0. The van der Waals surface area contributed by atoms with Gasteiger partial charge in [0.15, 0.2) is 5.76 Å². The molecule has 1 heterocycles. The zero-order valence-electron chi connectivity index (χ0n) is 11.8. The molecule has 5 heteroatoms. The minimum atomic E-state index is -0.977. The number of carbonyl (C=O) groups is 1. The van der Waals surface area contributed by atoms with Crippen LogP contribution >= 0.6 is 0 Å². The van der Waals surface area contributed by atoms with Crippen molar-refractivity contribution in [3.63, 3.8) is 0 Å². The molecule has 0 fully saturated rings. The number of phenols is 1. The average molecular weight is 295 g/mol. The molecule has 0 aliphatic rings. The van der Waals surface area contributed by atoms with Gasteiger partial charge < -0.3 is 14.7 Å². The average Bonchev–Trinajstić information content (AvgIpc) is 2.97. The lowest BCUT2D eigenvalue weighted by molar-refractivity contribution is 0.0697. The molecule has 0 atom stereocenters. The number of aromatic nitrogens is 1. The number of benzene rings is 2. The molecule has 22 heavy (non-hydrogen) atoms. The monoisotopic (exact) mass is 295 g/mol. The van der Waals surface area contributed by atoms with Crippen LogP contribution in [0.1, 0.15) is 15.9 Å². The van der Waals surface area contributed by atoms with Crippen molar-refractivity contribution in [3.05, 3.63) is 59.7 Å². The zero-order chi connectivity index (χ0) is 15.7. The third-order valence-electron chi connectivity index (χ3n) is 3.36. The van der Waals surface area contributed by atoms with Crippen molar-refractivity contribution in [3.8, 4) is 28.3 Å². The van der Waals surface area contributed by atoms with Gasteiger partial charge in [-0.3, -0.25) is 0 Å². The number of phenolic OH excluding ortho intramolecular Hbond substituents is 1. The van der Waals surface area contributed by atoms with E-state index in [0.29, 0.717) is 17.0 Å². The summed E-state index contributed by atoms with van der Waals surface area (Å²) in [6.45, 7) is 1.89. The maximum absolute atomic E-state index is 10.8. The summed E-state index contributed by atoms with van der Waals surface area (Å²) < 4.78 is 5.28. The first-order valence-corrected chi connectivity index (χ1v) is 6.65. The van der Waals surface area contributed by atoms with E-state index in [2.05, 4.69) is 5.16 Å². The summed E-state index contributed by atoms with van der Waals surface area (Å²) in [6, 6.07) is 13.3. The van der Waals surface area contributed by atoms with Gasteiger partial charge in [-0.2, -0.15) is 0 Å². The third-order valence-corrected chi connectivity index (χ3v) is 3.36. The third kappa shape index (κ3) is 2.56. The first kappa shape index (κ1) is 13.9. The van der Waals surface area contributed by atoms with Gasteiger partial charge in [0.05, 0.1) is 5.56 Å². The largest absolute Gasteiger partial charge is 0.507 e. The van der Waals surface area contributed by atoms with Crippen LogP contribution in [0.15, 0.2) is 53.1 Å². The first-order valence-electron chi connectivity index (χ1n) is 6.65. The molecule has 0 unspecified atom stereocenters. The highest BCUT2D eigenvalue weighted by atomic mass is 16.5. The molecule has 0 spiro atoms. The van der Waals surface area contributed by atoms with E-state index in [1.807, 2.05) is 13.0 Å². The molecule has 2 aromatic carbocycles. The number of hydrogen-bond donors (Lipinski definition) is 2. The number of aromatic hydroxyl groups is 1. The van der Waals surface area contributed by atoms with E-state index in [0.717, 1.165) is 11.1 Å². The topological polar surface area (TPSA) is 83.6 Å². The Bertz CT molecular complexity index is 834. The predicted octanol–water partition coefficient (Wildman–Crippen LogP) is 3.72. The zero-order valence-corrected chi connectivity index (χ0v) is 11.8. The maximum atomic E-state index is 10.8. The van der Waals surface area contributed by atoms with Gasteiger partial charge in [0.2, 0.25) is 0 Å². The summed E-state index contributed by atoms with van der Waals surface area (Å²) in [5.74, 6) is -0.331. The van der Waals surface area contributed by atoms with Crippen LogP contribution in [0.5, 0.6) is 5.75 Å². The number of carboxylic acid groups (broad SMARTS) is 1. The summed E-state index contributed by atoms with van der Waals surface area (Å²) in [5.41, 5.74) is 2.99. The summed E-state index contributed by atoms with van der Waals surface area (Å²) in [4.78, 5) is 10.8. The summed E-state index contributed by atoms with van der Waals surface area (Å²) in [6.07, 6.45) is 0. The lowest BCUT2D eigenvalue weighted by Gasteiger charge is -2.00. The Kier molecular flexibility index (Phi) is 3.39. The van der Waals surface area contributed by atoms with E-state index < -0.39 is 5.97 Å². The highest BCUT2D eigenvalue weighted by molar-refractivity contribution is 5.88. The number of nitrogens with zero attached hydrogens (tertiary/aromatic N) is 1. The molecule has 0 aliphatic carbocycles. The molecule has 0 saturated heterocycles. The van der Waals surface area contributed by atoms with Crippen molar-refractivity contribution >= 4 is 5.97 Å². The second-order valence-corrected chi connectivity index (χ2v) is 4.98. The van der Waals surface area contributed by atoms with Gasteiger partial charge in [-0.1, -0.05) is 23.4 Å². The lowest BCUT2D eigenvalue weighted by Crippen LogP contribution is -1.94. The SMILES string of the molecule is Cc1ccc(-c2cc(-c3ccc(C(=O)O)cc3)on2)c(O)c1. The van der Waals surface area contributed by atoms with Crippen LogP contribution in [0.25, 0.3) is 22.6 Å². The maximum Gasteiger partial charge on any atom is 0.335 e. The van der Waals surface area contributed by atoms with Gasteiger partial charge in [0.25, 0.3) is 0 Å². The molecule has 3 rings (SSSR count). The Hall–Kier alpha value is -3.08. The summed E-state index contributed by atoms with van der Waals surface area (Å²) >= 11 is 0. The van der Waals surface area contributed by atoms with Gasteiger partial charge >= 0.3 is 5.97 Å². The Morgan fingerprint density at radius 2 is 1.82 bits per heavy atom. The van der Waals surface area contributed by atoms with Crippen molar-refractivity contribution in [2.45, 2.75) is 6.92 Å². The number of aryl methyl sites for hydroxylation is 1. The number of carboxylic acids is 1. The van der Waals surface area contributed by atoms with Crippen LogP contribution in [0.3, 0.4) is 0 Å². The van der Waals surface area contributed by atoms with Gasteiger partial charge in [-0.25, -0.2) is 4.79 Å². The van der Waals surface area contributed by atoms with Crippen LogP contribution in [0.2, 0.25) is 0 Å². The van der Waals surface area contributed by atoms with Crippen molar-refractivity contribution in [2.75, 3.05) is 0 Å². The number of rotatable bonds is 3. The van der Waals surface area contributed by atoms with E-state index >= 15 is 0 Å². The minimum absolute atomic E-state index is 0.140. The molecule has 3 aromatic rings. The van der Waals surface area contributed by atoms with E-state index in [4.69, 9.17) is 9.63 Å². The van der Waals surface area contributed by atoms with E-state index in [-0.39, 0.29) is 11.3 Å². The van der Waals surface area contributed by atoms with Crippen LogP contribution in [-0.2, 0) is 0 Å². The normalized spacial score (nSPS) is 10.6. The highest BCUT2D eigenvalue weighted by Crippen LogP contribution is 2.32. The van der Waals surface area contributed by atoms with Gasteiger partial charge in [0.1, 0.15) is 11.4 Å². The van der Waals surface area contributed by atoms with Crippen molar-refractivity contribution in [1.82, 2.24) is 5.16 Å². The smallest absolute Gasteiger partial charge is 0.335 e. The van der Waals surface area contributed by atoms with Gasteiger partial charge in [0, 0.05) is 17.2 Å². The molecule has 110 valence electrons. The van der Waals surface area contributed by atoms with Gasteiger partial charge in [-0.15, -0.1) is 0 Å². The Morgan fingerprint density at radius 3 is 2.45 bits per heavy atom. The second kappa shape index (κ2) is 5.37. The Morgan fingerprint density at radius 1 is 1.09 bits per heavy atom. The molecule has 0 aliphatic heterocycles. The fourth-order valence-electron chi connectivity index (χ4n) is 2.17. The van der Waals surface area contributed by atoms with Crippen molar-refractivity contribution in [2.24, 2.45) is 0 Å². The molecule has 1 aromatic heterocycles. The molecule has 0 bridgehead atoms. The van der Waals surface area contributed by atoms with Crippen LogP contribution in [-0.4, -0.2) is 21.3 Å². The minimum Gasteiger partial charge on any atom is -0.507 e. The fraction of sp³-hybridized carbons (Fsp3) is 0.0588. The second-order valence-electron chi connectivity index (χ2n) is 4.98. The molecular weight excluding hydrogens is 282 g/mol. The number of hydrogen-bond acceptors (Lipinski definition) is 4.